The van der Waals surface area contributed by atoms with Crippen molar-refractivity contribution in [2.75, 3.05) is 14.2 Å². The summed E-state index contributed by atoms with van der Waals surface area (Å²) >= 11 is 0. The SMILES string of the molecule is COc1cc2ncn(CC(=O)NS(=O)(=O)NC(C)(C)C)c(=O)c2cc1OC. The summed E-state index contributed by atoms with van der Waals surface area (Å²) in [7, 11) is -1.17. The third kappa shape index (κ3) is 5.17. The van der Waals surface area contributed by atoms with Crippen LogP contribution in [0.1, 0.15) is 20.8 Å². The van der Waals surface area contributed by atoms with E-state index in [-0.39, 0.29) is 5.39 Å². The molecule has 2 rings (SSSR count). The van der Waals surface area contributed by atoms with Gasteiger partial charge in [0.15, 0.2) is 11.5 Å². The number of ether oxygens (including phenoxy) is 2. The van der Waals surface area contributed by atoms with Gasteiger partial charge >= 0.3 is 10.2 Å². The highest BCUT2D eigenvalue weighted by Crippen LogP contribution is 2.29. The number of amides is 1. The Bertz CT molecular complexity index is 1020. The average molecular weight is 398 g/mol. The number of nitrogens with one attached hydrogen (secondary N) is 2. The van der Waals surface area contributed by atoms with Gasteiger partial charge in [0.1, 0.15) is 6.54 Å². The molecule has 0 bridgehead atoms. The van der Waals surface area contributed by atoms with Gasteiger partial charge in [-0.05, 0) is 26.8 Å². The Labute approximate surface area is 156 Å². The molecule has 0 spiro atoms. The fourth-order valence-corrected chi connectivity index (χ4v) is 3.58. The number of methoxy groups -OCH3 is 2. The van der Waals surface area contributed by atoms with Crippen molar-refractivity contribution in [1.82, 2.24) is 19.0 Å². The second kappa shape index (κ2) is 7.53. The van der Waals surface area contributed by atoms with E-state index in [1.165, 1.54) is 32.7 Å². The fourth-order valence-electron chi connectivity index (χ4n) is 2.36. The number of hydrogen-bond donors (Lipinski definition) is 2. The zero-order valence-corrected chi connectivity index (χ0v) is 16.5. The number of fused-ring (bicyclic) bond motifs is 1. The topological polar surface area (TPSA) is 129 Å². The molecule has 0 aliphatic heterocycles. The average Bonchev–Trinajstić information content (AvgIpc) is 2.53. The van der Waals surface area contributed by atoms with Crippen LogP contribution >= 0.6 is 0 Å². The highest BCUT2D eigenvalue weighted by molar-refractivity contribution is 7.88. The predicted molar refractivity (Wildman–Crippen MR) is 99.1 cm³/mol. The van der Waals surface area contributed by atoms with Crippen LogP contribution in [0.5, 0.6) is 11.5 Å². The third-order valence-corrected chi connectivity index (χ3v) is 4.71. The molecule has 148 valence electrons. The minimum absolute atomic E-state index is 0.207. The quantitative estimate of drug-likeness (QED) is 0.709. The van der Waals surface area contributed by atoms with Crippen molar-refractivity contribution in [3.8, 4) is 11.5 Å². The van der Waals surface area contributed by atoms with E-state index in [1.807, 2.05) is 4.72 Å². The highest BCUT2D eigenvalue weighted by atomic mass is 32.2. The normalized spacial score (nSPS) is 12.0. The van der Waals surface area contributed by atoms with E-state index in [0.29, 0.717) is 17.0 Å². The number of carbonyl (C=O) groups excluding carboxylic acids is 1. The van der Waals surface area contributed by atoms with Gasteiger partial charge in [0.25, 0.3) is 11.5 Å². The van der Waals surface area contributed by atoms with E-state index < -0.39 is 33.8 Å². The van der Waals surface area contributed by atoms with Crippen LogP contribution in [-0.4, -0.2) is 43.6 Å². The van der Waals surface area contributed by atoms with Gasteiger partial charge in [-0.25, -0.2) is 9.71 Å². The lowest BCUT2D eigenvalue weighted by molar-refractivity contribution is -0.120. The molecule has 1 amide bonds. The van der Waals surface area contributed by atoms with E-state index in [0.717, 1.165) is 4.57 Å². The molecule has 0 unspecified atom stereocenters. The molecule has 10 nitrogen and oxygen atoms in total. The first-order valence-electron chi connectivity index (χ1n) is 7.91. The van der Waals surface area contributed by atoms with Gasteiger partial charge < -0.3 is 9.47 Å². The van der Waals surface area contributed by atoms with Gasteiger partial charge in [-0.3, -0.25) is 14.2 Å². The summed E-state index contributed by atoms with van der Waals surface area (Å²) < 4.78 is 39.3. The zero-order chi connectivity index (χ0) is 20.4. The number of nitrogens with zero attached hydrogens (tertiary/aromatic N) is 2. The zero-order valence-electron chi connectivity index (χ0n) is 15.7. The number of hydrogen-bond acceptors (Lipinski definition) is 7. The van der Waals surface area contributed by atoms with Gasteiger partial charge in [-0.15, -0.1) is 0 Å². The lowest BCUT2D eigenvalue weighted by Gasteiger charge is -2.20. The minimum atomic E-state index is -4.06. The number of benzene rings is 1. The van der Waals surface area contributed by atoms with Crippen molar-refractivity contribution in [3.63, 3.8) is 0 Å². The smallest absolute Gasteiger partial charge is 0.301 e. The van der Waals surface area contributed by atoms with Crippen LogP contribution in [0.3, 0.4) is 0 Å². The van der Waals surface area contributed by atoms with Crippen molar-refractivity contribution >= 4 is 27.0 Å². The Morgan fingerprint density at radius 2 is 1.78 bits per heavy atom. The lowest BCUT2D eigenvalue weighted by atomic mass is 10.1. The molecule has 1 heterocycles. The van der Waals surface area contributed by atoms with Crippen LogP contribution in [0, 0.1) is 0 Å². The van der Waals surface area contributed by atoms with Crippen LogP contribution in [0.2, 0.25) is 0 Å². The number of carbonyl (C=O) groups is 1. The Balaban J connectivity index is 2.30. The van der Waals surface area contributed by atoms with Crippen LogP contribution in [-0.2, 0) is 21.5 Å². The molecular weight excluding hydrogens is 376 g/mol. The molecular formula is C16H22N4O6S. The molecule has 1 aromatic heterocycles. The second-order valence-electron chi connectivity index (χ2n) is 6.78. The Kier molecular flexibility index (Phi) is 5.76. The predicted octanol–water partition coefficient (Wildman–Crippen LogP) is 0.163. The minimum Gasteiger partial charge on any atom is -0.493 e. The van der Waals surface area contributed by atoms with E-state index >= 15 is 0 Å². The van der Waals surface area contributed by atoms with Crippen molar-refractivity contribution in [3.05, 3.63) is 28.8 Å². The fraction of sp³-hybridized carbons (Fsp3) is 0.438. The molecule has 2 aromatic rings. The van der Waals surface area contributed by atoms with Crippen LogP contribution in [0.4, 0.5) is 0 Å². The van der Waals surface area contributed by atoms with Gasteiger partial charge in [-0.1, -0.05) is 0 Å². The first kappa shape index (κ1) is 20.6. The van der Waals surface area contributed by atoms with Crippen molar-refractivity contribution in [2.24, 2.45) is 0 Å². The first-order chi connectivity index (χ1) is 12.5. The maximum absolute atomic E-state index is 12.6. The molecule has 0 radical (unpaired) electrons. The summed E-state index contributed by atoms with van der Waals surface area (Å²) in [6.45, 7) is 4.39. The Morgan fingerprint density at radius 3 is 2.33 bits per heavy atom. The summed E-state index contributed by atoms with van der Waals surface area (Å²) in [6.07, 6.45) is 1.17. The summed E-state index contributed by atoms with van der Waals surface area (Å²) in [4.78, 5) is 28.8. The highest BCUT2D eigenvalue weighted by Gasteiger charge is 2.22. The summed E-state index contributed by atoms with van der Waals surface area (Å²) in [5.41, 5.74) is -0.920. The van der Waals surface area contributed by atoms with E-state index in [9.17, 15) is 18.0 Å². The van der Waals surface area contributed by atoms with Gasteiger partial charge in [0, 0.05) is 11.6 Å². The van der Waals surface area contributed by atoms with Crippen molar-refractivity contribution < 1.29 is 22.7 Å². The van der Waals surface area contributed by atoms with Gasteiger partial charge in [0.05, 0.1) is 31.4 Å². The first-order valence-corrected chi connectivity index (χ1v) is 9.40. The number of rotatable bonds is 6. The standard InChI is InChI=1S/C16H22N4O6S/c1-16(2,3)19-27(23,24)18-14(21)8-20-9-17-11-7-13(26-5)12(25-4)6-10(11)15(20)22/h6-7,9,19H,8H2,1-5H3,(H,18,21). The maximum atomic E-state index is 12.6. The Morgan fingerprint density at radius 1 is 1.19 bits per heavy atom. The van der Waals surface area contributed by atoms with Crippen LogP contribution in [0.15, 0.2) is 23.3 Å². The van der Waals surface area contributed by atoms with Crippen LogP contribution < -0.4 is 24.5 Å². The molecule has 2 N–H and O–H groups in total. The Hall–Kier alpha value is -2.66. The van der Waals surface area contributed by atoms with Gasteiger partial charge in [0.2, 0.25) is 0 Å². The molecule has 0 fully saturated rings. The molecule has 0 saturated carbocycles. The largest absolute Gasteiger partial charge is 0.493 e. The molecule has 27 heavy (non-hydrogen) atoms. The van der Waals surface area contributed by atoms with Gasteiger partial charge in [-0.2, -0.15) is 13.1 Å². The molecule has 0 aliphatic carbocycles. The van der Waals surface area contributed by atoms with E-state index in [1.54, 1.807) is 20.8 Å². The molecule has 11 heteroatoms. The third-order valence-electron chi connectivity index (χ3n) is 3.33. The van der Waals surface area contributed by atoms with Crippen molar-refractivity contribution in [2.45, 2.75) is 32.9 Å². The maximum Gasteiger partial charge on any atom is 0.301 e. The lowest BCUT2D eigenvalue weighted by Crippen LogP contribution is -2.49. The summed E-state index contributed by atoms with van der Waals surface area (Å²) in [5.74, 6) is -0.134. The summed E-state index contributed by atoms with van der Waals surface area (Å²) in [6, 6.07) is 2.99. The molecule has 0 atom stereocenters. The monoisotopic (exact) mass is 398 g/mol. The molecule has 0 aliphatic rings. The molecule has 1 aromatic carbocycles. The van der Waals surface area contributed by atoms with Crippen LogP contribution in [0.25, 0.3) is 10.9 Å². The molecule has 0 saturated heterocycles. The number of aromatic nitrogens is 2. The van der Waals surface area contributed by atoms with E-state index in [2.05, 4.69) is 9.71 Å². The van der Waals surface area contributed by atoms with E-state index in [4.69, 9.17) is 9.47 Å². The van der Waals surface area contributed by atoms with Crippen molar-refractivity contribution in [1.29, 1.82) is 0 Å². The summed E-state index contributed by atoms with van der Waals surface area (Å²) in [5, 5.41) is 0.207. The second-order valence-corrected chi connectivity index (χ2v) is 8.20.